The molecule has 0 bridgehead atoms. The molecule has 0 unspecified atom stereocenters. The van der Waals surface area contributed by atoms with Gasteiger partial charge < -0.3 is 4.74 Å². The van der Waals surface area contributed by atoms with Gasteiger partial charge in [0.2, 0.25) is 0 Å². The van der Waals surface area contributed by atoms with Crippen molar-refractivity contribution in [3.8, 4) is 0 Å². The number of methoxy groups -OCH3 is 1. The summed E-state index contributed by atoms with van der Waals surface area (Å²) in [5.41, 5.74) is 0.579. The summed E-state index contributed by atoms with van der Waals surface area (Å²) in [6.45, 7) is 0. The third-order valence-electron chi connectivity index (χ3n) is 4.08. The van der Waals surface area contributed by atoms with Gasteiger partial charge in [-0.25, -0.2) is 4.79 Å². The van der Waals surface area contributed by atoms with Crippen LogP contribution in [0.2, 0.25) is 0 Å². The van der Waals surface area contributed by atoms with E-state index in [9.17, 15) is 4.79 Å². The number of hydrogen-bond acceptors (Lipinski definition) is 2. The molecule has 4 aromatic rings. The number of ether oxygens (including phenoxy) is 1. The highest BCUT2D eigenvalue weighted by molar-refractivity contribution is 6.06. The van der Waals surface area contributed by atoms with Crippen LogP contribution >= 0.6 is 0 Å². The largest absolute Gasteiger partial charge is 0.465 e. The van der Waals surface area contributed by atoms with E-state index >= 15 is 0 Å². The van der Waals surface area contributed by atoms with Crippen molar-refractivity contribution in [2.75, 3.05) is 7.11 Å². The quantitative estimate of drug-likeness (QED) is 0.366. The van der Waals surface area contributed by atoms with Gasteiger partial charge in [-0.3, -0.25) is 0 Å². The van der Waals surface area contributed by atoms with Crippen LogP contribution in [-0.2, 0) is 4.74 Å². The van der Waals surface area contributed by atoms with Gasteiger partial charge in [0, 0.05) is 0 Å². The van der Waals surface area contributed by atoms with Crippen molar-refractivity contribution in [1.29, 1.82) is 0 Å². The van der Waals surface area contributed by atoms with E-state index in [4.69, 9.17) is 4.74 Å². The molecule has 0 spiro atoms. The summed E-state index contributed by atoms with van der Waals surface area (Å²) in [6, 6.07) is 22.7. The summed E-state index contributed by atoms with van der Waals surface area (Å²) in [4.78, 5) is 11.7. The van der Waals surface area contributed by atoms with Crippen LogP contribution in [-0.4, -0.2) is 13.1 Å². The molecule has 0 aliphatic carbocycles. The van der Waals surface area contributed by atoms with Crippen LogP contribution in [0.5, 0.6) is 0 Å². The Balaban J connectivity index is 2.01. The maximum atomic E-state index is 11.7. The molecule has 2 nitrogen and oxygen atoms in total. The lowest BCUT2D eigenvalue weighted by Gasteiger charge is -2.06. The van der Waals surface area contributed by atoms with Crippen molar-refractivity contribution in [2.24, 2.45) is 0 Å². The molecule has 4 rings (SSSR count). The van der Waals surface area contributed by atoms with Crippen molar-refractivity contribution in [2.45, 2.75) is 0 Å². The SMILES string of the molecule is COC(=O)c1ccc2cc3cc4ccccc4cc3cc2c1. The number of carbonyl (C=O) groups is 1. The standard InChI is InChI=1S/C20H14O2/c1-22-20(21)16-7-6-15-10-18-8-13-4-2-3-5-14(13)9-19(18)12-17(15)11-16/h2-12H,1H3. The highest BCUT2D eigenvalue weighted by Gasteiger charge is 2.07. The average Bonchev–Trinajstić information content (AvgIpc) is 2.56. The van der Waals surface area contributed by atoms with E-state index < -0.39 is 0 Å². The zero-order chi connectivity index (χ0) is 15.1. The monoisotopic (exact) mass is 286 g/mol. The van der Waals surface area contributed by atoms with Gasteiger partial charge in [-0.1, -0.05) is 30.3 Å². The summed E-state index contributed by atoms with van der Waals surface area (Å²) in [5, 5.41) is 7.00. The molecular weight excluding hydrogens is 272 g/mol. The normalized spacial score (nSPS) is 11.1. The van der Waals surface area contributed by atoms with E-state index in [1.807, 2.05) is 18.2 Å². The van der Waals surface area contributed by atoms with Gasteiger partial charge >= 0.3 is 5.97 Å². The second-order valence-electron chi connectivity index (χ2n) is 5.45. The highest BCUT2D eigenvalue weighted by atomic mass is 16.5. The number of hydrogen-bond donors (Lipinski definition) is 0. The molecule has 106 valence electrons. The Labute approximate surface area is 127 Å². The van der Waals surface area contributed by atoms with Crippen molar-refractivity contribution in [1.82, 2.24) is 0 Å². The number of benzene rings is 4. The fourth-order valence-electron chi connectivity index (χ4n) is 2.94. The number of esters is 1. The van der Waals surface area contributed by atoms with Gasteiger partial charge in [0.15, 0.2) is 0 Å². The molecule has 0 fully saturated rings. The molecular formula is C20H14O2. The smallest absolute Gasteiger partial charge is 0.337 e. The fraction of sp³-hybridized carbons (Fsp3) is 0.0500. The summed E-state index contributed by atoms with van der Waals surface area (Å²) < 4.78 is 4.79. The van der Waals surface area contributed by atoms with Gasteiger partial charge in [0.1, 0.15) is 0 Å². The lowest BCUT2D eigenvalue weighted by atomic mass is 9.99. The second-order valence-corrected chi connectivity index (χ2v) is 5.45. The van der Waals surface area contributed by atoms with Crippen molar-refractivity contribution in [3.63, 3.8) is 0 Å². The first-order valence-corrected chi connectivity index (χ1v) is 7.19. The van der Waals surface area contributed by atoms with Crippen LogP contribution in [0.1, 0.15) is 10.4 Å². The van der Waals surface area contributed by atoms with E-state index in [2.05, 4.69) is 42.5 Å². The van der Waals surface area contributed by atoms with E-state index in [0.717, 1.165) is 10.8 Å². The maximum absolute atomic E-state index is 11.7. The summed E-state index contributed by atoms with van der Waals surface area (Å²) in [5.74, 6) is -0.305. The van der Waals surface area contributed by atoms with Crippen LogP contribution in [0.15, 0.2) is 66.7 Å². The zero-order valence-electron chi connectivity index (χ0n) is 12.2. The molecule has 0 radical (unpaired) electrons. The first-order chi connectivity index (χ1) is 10.7. The number of fused-ring (bicyclic) bond motifs is 3. The molecule has 2 heteroatoms. The molecule has 4 aromatic carbocycles. The van der Waals surface area contributed by atoms with Gasteiger partial charge in [-0.05, 0) is 68.7 Å². The van der Waals surface area contributed by atoms with Gasteiger partial charge in [0.25, 0.3) is 0 Å². The Kier molecular flexibility index (Phi) is 2.83. The van der Waals surface area contributed by atoms with Crippen LogP contribution in [0.3, 0.4) is 0 Å². The lowest BCUT2D eigenvalue weighted by molar-refractivity contribution is 0.0601. The predicted octanol–water partition coefficient (Wildman–Crippen LogP) is 4.93. The molecule has 0 aromatic heterocycles. The van der Waals surface area contributed by atoms with Crippen LogP contribution in [0, 0.1) is 0 Å². The lowest BCUT2D eigenvalue weighted by Crippen LogP contribution is -2.00. The molecule has 0 atom stereocenters. The summed E-state index contributed by atoms with van der Waals surface area (Å²) in [6.07, 6.45) is 0. The number of carbonyl (C=O) groups excluding carboxylic acids is 1. The van der Waals surface area contributed by atoms with Gasteiger partial charge in [-0.2, -0.15) is 0 Å². The Hall–Kier alpha value is -2.87. The summed E-state index contributed by atoms with van der Waals surface area (Å²) >= 11 is 0. The molecule has 0 aliphatic rings. The first-order valence-electron chi connectivity index (χ1n) is 7.19. The van der Waals surface area contributed by atoms with Crippen LogP contribution < -0.4 is 0 Å². The minimum absolute atomic E-state index is 0.305. The van der Waals surface area contributed by atoms with E-state index in [-0.39, 0.29) is 5.97 Å². The summed E-state index contributed by atoms with van der Waals surface area (Å²) in [7, 11) is 1.40. The third-order valence-corrected chi connectivity index (χ3v) is 4.08. The molecule has 0 amide bonds. The highest BCUT2D eigenvalue weighted by Crippen LogP contribution is 2.28. The molecule has 0 heterocycles. The average molecular weight is 286 g/mol. The first kappa shape index (κ1) is 12.8. The van der Waals surface area contributed by atoms with Gasteiger partial charge in [-0.15, -0.1) is 0 Å². The molecule has 22 heavy (non-hydrogen) atoms. The maximum Gasteiger partial charge on any atom is 0.337 e. The second kappa shape index (κ2) is 4.85. The predicted molar refractivity (Wildman–Crippen MR) is 90.3 cm³/mol. The van der Waals surface area contributed by atoms with Crippen molar-refractivity contribution >= 4 is 38.3 Å². The van der Waals surface area contributed by atoms with Crippen LogP contribution in [0.25, 0.3) is 32.3 Å². The Morgan fingerprint density at radius 1 is 0.682 bits per heavy atom. The minimum Gasteiger partial charge on any atom is -0.465 e. The molecule has 0 N–H and O–H groups in total. The fourth-order valence-corrected chi connectivity index (χ4v) is 2.94. The van der Waals surface area contributed by atoms with Crippen molar-refractivity contribution < 1.29 is 9.53 Å². The molecule has 0 saturated heterocycles. The Bertz CT molecular complexity index is 1030. The van der Waals surface area contributed by atoms with E-state index in [1.54, 1.807) is 6.07 Å². The third kappa shape index (κ3) is 2.01. The Morgan fingerprint density at radius 2 is 1.18 bits per heavy atom. The van der Waals surface area contributed by atoms with Gasteiger partial charge in [0.05, 0.1) is 12.7 Å². The molecule has 0 aliphatic heterocycles. The zero-order valence-corrected chi connectivity index (χ0v) is 12.2. The van der Waals surface area contributed by atoms with E-state index in [0.29, 0.717) is 5.56 Å². The van der Waals surface area contributed by atoms with Crippen molar-refractivity contribution in [3.05, 3.63) is 72.3 Å². The Morgan fingerprint density at radius 3 is 1.77 bits per heavy atom. The number of rotatable bonds is 1. The topological polar surface area (TPSA) is 26.3 Å². The van der Waals surface area contributed by atoms with E-state index in [1.165, 1.54) is 28.7 Å². The molecule has 0 saturated carbocycles. The minimum atomic E-state index is -0.305. The van der Waals surface area contributed by atoms with Crippen LogP contribution in [0.4, 0.5) is 0 Å².